The largest absolute Gasteiger partial charge is 0.493 e. The van der Waals surface area contributed by atoms with Crippen molar-refractivity contribution in [3.63, 3.8) is 0 Å². The highest BCUT2D eigenvalue weighted by Crippen LogP contribution is 2.11. The third-order valence-electron chi connectivity index (χ3n) is 4.11. The van der Waals surface area contributed by atoms with E-state index in [1.54, 1.807) is 4.90 Å². The first-order valence-corrected chi connectivity index (χ1v) is 8.41. The molecule has 5 heteroatoms. The molecule has 0 N–H and O–H groups in total. The average Bonchev–Trinajstić information content (AvgIpc) is 2.56. The molecule has 0 spiro atoms. The van der Waals surface area contributed by atoms with Crippen LogP contribution in [0.15, 0.2) is 24.3 Å². The molecular formula is C18H28N2O3. The van der Waals surface area contributed by atoms with E-state index in [9.17, 15) is 4.79 Å². The van der Waals surface area contributed by atoms with Gasteiger partial charge in [-0.2, -0.15) is 0 Å². The molecule has 5 nitrogen and oxygen atoms in total. The molecule has 0 saturated carbocycles. The molecule has 0 radical (unpaired) electrons. The molecule has 1 aliphatic rings. The van der Waals surface area contributed by atoms with E-state index in [0.29, 0.717) is 25.7 Å². The fourth-order valence-electron chi connectivity index (χ4n) is 2.56. The SMILES string of the molecule is Cc1ccc(OCCCOC(=O)N2CCN(C(C)C)CC2)cc1. The van der Waals surface area contributed by atoms with Crippen molar-refractivity contribution in [1.29, 1.82) is 0 Å². The molecule has 1 aromatic carbocycles. The van der Waals surface area contributed by atoms with E-state index in [-0.39, 0.29) is 6.09 Å². The molecule has 0 aliphatic carbocycles. The van der Waals surface area contributed by atoms with E-state index in [1.807, 2.05) is 31.2 Å². The van der Waals surface area contributed by atoms with E-state index in [0.717, 1.165) is 31.9 Å². The minimum Gasteiger partial charge on any atom is -0.493 e. The predicted molar refractivity (Wildman–Crippen MR) is 90.9 cm³/mol. The van der Waals surface area contributed by atoms with E-state index < -0.39 is 0 Å². The number of amides is 1. The molecule has 1 aromatic rings. The van der Waals surface area contributed by atoms with Crippen molar-refractivity contribution < 1.29 is 14.3 Å². The summed E-state index contributed by atoms with van der Waals surface area (Å²) in [5.41, 5.74) is 1.21. The van der Waals surface area contributed by atoms with Crippen LogP contribution in [0.4, 0.5) is 4.79 Å². The molecule has 1 heterocycles. The summed E-state index contributed by atoms with van der Waals surface area (Å²) in [6, 6.07) is 8.48. The molecule has 0 bridgehead atoms. The van der Waals surface area contributed by atoms with Gasteiger partial charge in [0.05, 0.1) is 13.2 Å². The zero-order valence-corrected chi connectivity index (χ0v) is 14.5. The van der Waals surface area contributed by atoms with Gasteiger partial charge in [0.15, 0.2) is 0 Å². The lowest BCUT2D eigenvalue weighted by Crippen LogP contribution is -2.50. The van der Waals surface area contributed by atoms with Crippen LogP contribution in [-0.2, 0) is 4.74 Å². The van der Waals surface area contributed by atoms with Gasteiger partial charge < -0.3 is 14.4 Å². The Kier molecular flexibility index (Phi) is 6.71. The number of carbonyl (C=O) groups excluding carboxylic acids is 1. The van der Waals surface area contributed by atoms with E-state index in [4.69, 9.17) is 9.47 Å². The zero-order valence-electron chi connectivity index (χ0n) is 14.5. The first-order chi connectivity index (χ1) is 11.1. The summed E-state index contributed by atoms with van der Waals surface area (Å²) in [6.45, 7) is 10.7. The van der Waals surface area contributed by atoms with Crippen LogP contribution in [0.1, 0.15) is 25.8 Å². The molecule has 1 aliphatic heterocycles. The topological polar surface area (TPSA) is 42.0 Å². The number of hydrogen-bond acceptors (Lipinski definition) is 4. The third-order valence-corrected chi connectivity index (χ3v) is 4.11. The minimum absolute atomic E-state index is 0.205. The summed E-state index contributed by atoms with van der Waals surface area (Å²) in [6.07, 6.45) is 0.495. The summed E-state index contributed by atoms with van der Waals surface area (Å²) in [5, 5.41) is 0. The van der Waals surface area contributed by atoms with E-state index >= 15 is 0 Å². The van der Waals surface area contributed by atoms with Gasteiger partial charge in [0.1, 0.15) is 5.75 Å². The van der Waals surface area contributed by atoms with Gasteiger partial charge in [-0.25, -0.2) is 4.79 Å². The predicted octanol–water partition coefficient (Wildman–Crippen LogP) is 2.93. The van der Waals surface area contributed by atoms with Gasteiger partial charge in [-0.1, -0.05) is 17.7 Å². The second kappa shape index (κ2) is 8.77. The quantitative estimate of drug-likeness (QED) is 0.756. The molecule has 0 unspecified atom stereocenters. The molecule has 0 aromatic heterocycles. The van der Waals surface area contributed by atoms with Crippen molar-refractivity contribution in [1.82, 2.24) is 9.80 Å². The molecule has 23 heavy (non-hydrogen) atoms. The number of rotatable bonds is 6. The second-order valence-corrected chi connectivity index (χ2v) is 6.25. The van der Waals surface area contributed by atoms with Crippen LogP contribution in [0, 0.1) is 6.92 Å². The van der Waals surface area contributed by atoms with Crippen molar-refractivity contribution in [2.45, 2.75) is 33.2 Å². The van der Waals surface area contributed by atoms with Gasteiger partial charge in [-0.15, -0.1) is 0 Å². The van der Waals surface area contributed by atoms with Crippen LogP contribution in [-0.4, -0.2) is 61.3 Å². The van der Waals surface area contributed by atoms with Gasteiger partial charge >= 0.3 is 6.09 Å². The lowest BCUT2D eigenvalue weighted by molar-refractivity contribution is 0.0655. The number of ether oxygens (including phenoxy) is 2. The Bertz CT molecular complexity index is 480. The second-order valence-electron chi connectivity index (χ2n) is 6.25. The highest BCUT2D eigenvalue weighted by atomic mass is 16.6. The van der Waals surface area contributed by atoms with E-state index in [1.165, 1.54) is 5.56 Å². The molecule has 1 saturated heterocycles. The van der Waals surface area contributed by atoms with Gasteiger partial charge in [-0.05, 0) is 32.9 Å². The number of nitrogens with zero attached hydrogens (tertiary/aromatic N) is 2. The molecule has 128 valence electrons. The molecule has 2 rings (SSSR count). The Labute approximate surface area is 139 Å². The number of hydrogen-bond donors (Lipinski definition) is 0. The average molecular weight is 320 g/mol. The zero-order chi connectivity index (χ0) is 16.7. The van der Waals surface area contributed by atoms with Crippen LogP contribution < -0.4 is 4.74 Å². The van der Waals surface area contributed by atoms with Crippen molar-refractivity contribution in [3.05, 3.63) is 29.8 Å². The lowest BCUT2D eigenvalue weighted by Gasteiger charge is -2.36. The minimum atomic E-state index is -0.205. The Morgan fingerprint density at radius 3 is 2.35 bits per heavy atom. The first kappa shape index (κ1) is 17.6. The summed E-state index contributed by atoms with van der Waals surface area (Å²) in [7, 11) is 0. The molecular weight excluding hydrogens is 292 g/mol. The Morgan fingerprint density at radius 1 is 1.09 bits per heavy atom. The number of piperazine rings is 1. The summed E-state index contributed by atoms with van der Waals surface area (Å²) >= 11 is 0. The highest BCUT2D eigenvalue weighted by Gasteiger charge is 2.23. The van der Waals surface area contributed by atoms with Crippen LogP contribution in [0.25, 0.3) is 0 Å². The maximum atomic E-state index is 12.0. The van der Waals surface area contributed by atoms with Crippen molar-refractivity contribution in [2.75, 3.05) is 39.4 Å². The van der Waals surface area contributed by atoms with Gasteiger partial charge in [0.25, 0.3) is 0 Å². The maximum Gasteiger partial charge on any atom is 0.409 e. The van der Waals surface area contributed by atoms with Crippen LogP contribution in [0.3, 0.4) is 0 Å². The Hall–Kier alpha value is -1.75. The Morgan fingerprint density at radius 2 is 1.74 bits per heavy atom. The molecule has 0 atom stereocenters. The van der Waals surface area contributed by atoms with E-state index in [2.05, 4.69) is 18.7 Å². The number of carbonyl (C=O) groups is 1. The molecule has 1 amide bonds. The third kappa shape index (κ3) is 5.75. The van der Waals surface area contributed by atoms with Crippen molar-refractivity contribution in [2.24, 2.45) is 0 Å². The Balaban J connectivity index is 1.57. The fourth-order valence-corrected chi connectivity index (χ4v) is 2.56. The van der Waals surface area contributed by atoms with Gasteiger partial charge in [-0.3, -0.25) is 4.90 Å². The smallest absolute Gasteiger partial charge is 0.409 e. The van der Waals surface area contributed by atoms with Crippen molar-refractivity contribution >= 4 is 6.09 Å². The monoisotopic (exact) mass is 320 g/mol. The number of aryl methyl sites for hydroxylation is 1. The summed E-state index contributed by atoms with van der Waals surface area (Å²) < 4.78 is 10.9. The summed E-state index contributed by atoms with van der Waals surface area (Å²) in [4.78, 5) is 16.2. The van der Waals surface area contributed by atoms with Gasteiger partial charge in [0.2, 0.25) is 0 Å². The highest BCUT2D eigenvalue weighted by molar-refractivity contribution is 5.67. The van der Waals surface area contributed by atoms with Crippen molar-refractivity contribution in [3.8, 4) is 5.75 Å². The standard InChI is InChI=1S/C18H28N2O3/c1-15(2)19-9-11-20(12-10-19)18(21)23-14-4-13-22-17-7-5-16(3)6-8-17/h5-8,15H,4,9-14H2,1-3H3. The van der Waals surface area contributed by atoms with Gasteiger partial charge in [0, 0.05) is 38.6 Å². The van der Waals surface area contributed by atoms with Crippen LogP contribution in [0.2, 0.25) is 0 Å². The lowest BCUT2D eigenvalue weighted by atomic mass is 10.2. The normalized spacial score (nSPS) is 15.7. The molecule has 1 fully saturated rings. The number of benzene rings is 1. The van der Waals surface area contributed by atoms with Crippen LogP contribution in [0.5, 0.6) is 5.75 Å². The van der Waals surface area contributed by atoms with Crippen LogP contribution >= 0.6 is 0 Å². The summed E-state index contributed by atoms with van der Waals surface area (Å²) in [5.74, 6) is 0.853. The maximum absolute atomic E-state index is 12.0. The first-order valence-electron chi connectivity index (χ1n) is 8.41. The fraction of sp³-hybridized carbons (Fsp3) is 0.611.